The molecule has 4 aliphatic heterocycles. The van der Waals surface area contributed by atoms with Crippen LogP contribution in [0.4, 0.5) is 11.4 Å². The van der Waals surface area contributed by atoms with Crippen molar-refractivity contribution in [3.63, 3.8) is 0 Å². The third-order valence-electron chi connectivity index (χ3n) is 7.35. The van der Waals surface area contributed by atoms with Crippen LogP contribution in [0.1, 0.15) is 46.4 Å². The molecule has 0 bridgehead atoms. The molecule has 192 valence electrons. The Balaban J connectivity index is 1.23. The van der Waals surface area contributed by atoms with Crippen LogP contribution >= 0.6 is 0 Å². The van der Waals surface area contributed by atoms with Crippen LogP contribution in [0.25, 0.3) is 0 Å². The molecule has 0 N–H and O–H groups in total. The lowest BCUT2D eigenvalue weighted by Gasteiger charge is -2.21. The van der Waals surface area contributed by atoms with Crippen LogP contribution in [-0.4, -0.2) is 80.2 Å². The average molecular weight is 505 g/mol. The number of methoxy groups -OCH3 is 2. The SMILES string of the molecule is COc1cc2c(cc1OCOc1cc3c(cc1OC)C(=O)N1CCCC1C=N3)N=CC1CCCN1C2=O. The quantitative estimate of drug-likeness (QED) is 0.555. The Morgan fingerprint density at radius 3 is 1.62 bits per heavy atom. The van der Waals surface area contributed by atoms with Crippen molar-refractivity contribution in [2.45, 2.75) is 37.8 Å². The molecule has 0 aromatic heterocycles. The van der Waals surface area contributed by atoms with Crippen molar-refractivity contribution in [3.05, 3.63) is 35.4 Å². The summed E-state index contributed by atoms with van der Waals surface area (Å²) in [7, 11) is 3.04. The summed E-state index contributed by atoms with van der Waals surface area (Å²) in [6.07, 6.45) is 7.42. The molecule has 6 rings (SSSR count). The van der Waals surface area contributed by atoms with Crippen LogP contribution < -0.4 is 18.9 Å². The summed E-state index contributed by atoms with van der Waals surface area (Å²) in [5, 5.41) is 0. The fourth-order valence-corrected chi connectivity index (χ4v) is 5.40. The molecule has 10 nitrogen and oxygen atoms in total. The van der Waals surface area contributed by atoms with Gasteiger partial charge in [-0.15, -0.1) is 0 Å². The van der Waals surface area contributed by atoms with E-state index in [1.807, 2.05) is 22.2 Å². The molecule has 2 aromatic rings. The third kappa shape index (κ3) is 4.06. The lowest BCUT2D eigenvalue weighted by molar-refractivity contribution is 0.0766. The van der Waals surface area contributed by atoms with E-state index in [0.717, 1.165) is 38.8 Å². The Morgan fingerprint density at radius 1 is 0.730 bits per heavy atom. The van der Waals surface area contributed by atoms with E-state index in [1.165, 1.54) is 14.2 Å². The second kappa shape index (κ2) is 9.42. The molecule has 2 fully saturated rings. The highest BCUT2D eigenvalue weighted by molar-refractivity contribution is 6.04. The summed E-state index contributed by atoms with van der Waals surface area (Å²) in [6.45, 7) is 1.28. The summed E-state index contributed by atoms with van der Waals surface area (Å²) >= 11 is 0. The van der Waals surface area contributed by atoms with Gasteiger partial charge in [0.05, 0.1) is 48.8 Å². The third-order valence-corrected chi connectivity index (χ3v) is 7.35. The summed E-state index contributed by atoms with van der Waals surface area (Å²) in [4.78, 5) is 39.0. The molecule has 2 atom stereocenters. The standard InChI is InChI=1S/C27H28N4O6/c1-34-22-9-18-20(28-13-16-5-3-7-30(16)26(18)32)11-24(22)36-15-37-25-12-21-19(10-23(25)35-2)27(33)31-8-4-6-17(31)14-29-21/h9-14,16-17H,3-8,15H2,1-2H3. The van der Waals surface area contributed by atoms with Crippen LogP contribution in [0.5, 0.6) is 23.0 Å². The van der Waals surface area contributed by atoms with Gasteiger partial charge in [0.2, 0.25) is 6.79 Å². The lowest BCUT2D eigenvalue weighted by atomic mass is 10.1. The number of rotatable bonds is 6. The summed E-state index contributed by atoms with van der Waals surface area (Å²) in [5.41, 5.74) is 2.04. The first-order valence-electron chi connectivity index (χ1n) is 12.5. The predicted molar refractivity (Wildman–Crippen MR) is 137 cm³/mol. The highest BCUT2D eigenvalue weighted by Gasteiger charge is 2.34. The zero-order valence-electron chi connectivity index (χ0n) is 20.8. The van der Waals surface area contributed by atoms with Crippen LogP contribution in [0.15, 0.2) is 34.3 Å². The highest BCUT2D eigenvalue weighted by atomic mass is 16.7. The first kappa shape index (κ1) is 23.3. The number of ether oxygens (including phenoxy) is 4. The van der Waals surface area contributed by atoms with Gasteiger partial charge in [0, 0.05) is 37.7 Å². The minimum atomic E-state index is -0.164. The first-order valence-corrected chi connectivity index (χ1v) is 12.5. The second-order valence-electron chi connectivity index (χ2n) is 9.42. The van der Waals surface area contributed by atoms with Gasteiger partial charge in [0.25, 0.3) is 11.8 Å². The van der Waals surface area contributed by atoms with Crippen LogP contribution in [0, 0.1) is 0 Å². The monoisotopic (exact) mass is 504 g/mol. The number of benzene rings is 2. The van der Waals surface area contributed by atoms with Crippen molar-refractivity contribution in [1.82, 2.24) is 9.80 Å². The molecule has 2 saturated heterocycles. The molecule has 0 aliphatic carbocycles. The molecule has 4 aliphatic rings. The summed E-state index contributed by atoms with van der Waals surface area (Å²) in [6, 6.07) is 6.76. The van der Waals surface area contributed by atoms with E-state index in [1.54, 1.807) is 24.3 Å². The number of aliphatic imine (C=N–C) groups is 2. The number of nitrogens with zero attached hydrogens (tertiary/aromatic N) is 4. The van der Waals surface area contributed by atoms with Crippen molar-refractivity contribution in [1.29, 1.82) is 0 Å². The van der Waals surface area contributed by atoms with E-state index in [9.17, 15) is 9.59 Å². The first-order chi connectivity index (χ1) is 18.1. The molecule has 0 radical (unpaired) electrons. The number of hydrogen-bond donors (Lipinski definition) is 0. The van der Waals surface area contributed by atoms with Gasteiger partial charge in [0.1, 0.15) is 0 Å². The van der Waals surface area contributed by atoms with E-state index in [4.69, 9.17) is 18.9 Å². The number of carbonyl (C=O) groups is 2. The molecule has 2 unspecified atom stereocenters. The van der Waals surface area contributed by atoms with E-state index in [-0.39, 0.29) is 30.7 Å². The average Bonchev–Trinajstić information content (AvgIpc) is 3.54. The van der Waals surface area contributed by atoms with Crippen molar-refractivity contribution in [2.75, 3.05) is 34.1 Å². The van der Waals surface area contributed by atoms with Crippen molar-refractivity contribution in [2.24, 2.45) is 9.98 Å². The molecule has 10 heteroatoms. The van der Waals surface area contributed by atoms with Crippen molar-refractivity contribution in [3.8, 4) is 23.0 Å². The van der Waals surface area contributed by atoms with E-state index < -0.39 is 0 Å². The fraction of sp³-hybridized carbons (Fsp3) is 0.407. The molecule has 0 spiro atoms. The van der Waals surface area contributed by atoms with E-state index in [2.05, 4.69) is 9.98 Å². The van der Waals surface area contributed by atoms with E-state index in [0.29, 0.717) is 45.5 Å². The summed E-state index contributed by atoms with van der Waals surface area (Å²) in [5.74, 6) is 1.51. The number of carbonyl (C=O) groups excluding carboxylic acids is 2. The minimum Gasteiger partial charge on any atom is -0.493 e. The maximum absolute atomic E-state index is 13.1. The maximum atomic E-state index is 13.1. The topological polar surface area (TPSA) is 102 Å². The number of amides is 2. The predicted octanol–water partition coefficient (Wildman–Crippen LogP) is 3.76. The maximum Gasteiger partial charge on any atom is 0.256 e. The Bertz CT molecular complexity index is 1220. The normalized spacial score (nSPS) is 21.6. The van der Waals surface area contributed by atoms with Crippen LogP contribution in [0.2, 0.25) is 0 Å². The van der Waals surface area contributed by atoms with Crippen LogP contribution in [0.3, 0.4) is 0 Å². The van der Waals surface area contributed by atoms with Crippen molar-refractivity contribution >= 4 is 35.6 Å². The van der Waals surface area contributed by atoms with Crippen molar-refractivity contribution < 1.29 is 28.5 Å². The Hall–Kier alpha value is -4.08. The van der Waals surface area contributed by atoms with Gasteiger partial charge in [-0.3, -0.25) is 19.6 Å². The number of fused-ring (bicyclic) bond motifs is 4. The van der Waals surface area contributed by atoms with Gasteiger partial charge >= 0.3 is 0 Å². The minimum absolute atomic E-state index is 0.0187. The fourth-order valence-electron chi connectivity index (χ4n) is 5.40. The largest absolute Gasteiger partial charge is 0.493 e. The molecule has 2 aromatic carbocycles. The molecule has 4 heterocycles. The summed E-state index contributed by atoms with van der Waals surface area (Å²) < 4.78 is 22.8. The Morgan fingerprint density at radius 2 is 1.19 bits per heavy atom. The molecular formula is C27H28N4O6. The molecule has 2 amide bonds. The zero-order chi connectivity index (χ0) is 25.5. The zero-order valence-corrected chi connectivity index (χ0v) is 20.8. The van der Waals surface area contributed by atoms with Gasteiger partial charge in [-0.2, -0.15) is 0 Å². The second-order valence-corrected chi connectivity index (χ2v) is 9.42. The molecule has 37 heavy (non-hydrogen) atoms. The lowest BCUT2D eigenvalue weighted by Crippen LogP contribution is -2.35. The number of hydrogen-bond acceptors (Lipinski definition) is 8. The van der Waals surface area contributed by atoms with Gasteiger partial charge < -0.3 is 28.7 Å². The van der Waals surface area contributed by atoms with Gasteiger partial charge in [0.15, 0.2) is 23.0 Å². The highest BCUT2D eigenvalue weighted by Crippen LogP contribution is 2.40. The van der Waals surface area contributed by atoms with E-state index >= 15 is 0 Å². The Labute approximate surface area is 214 Å². The van der Waals surface area contributed by atoms with Crippen LogP contribution in [-0.2, 0) is 0 Å². The van der Waals surface area contributed by atoms with Gasteiger partial charge in [-0.05, 0) is 37.8 Å². The van der Waals surface area contributed by atoms with Gasteiger partial charge in [-0.1, -0.05) is 0 Å². The molecule has 0 saturated carbocycles. The smallest absolute Gasteiger partial charge is 0.256 e. The molecular weight excluding hydrogens is 476 g/mol. The Kier molecular flexibility index (Phi) is 5.94. The van der Waals surface area contributed by atoms with Gasteiger partial charge in [-0.25, -0.2) is 0 Å².